The number of rotatable bonds is 6. The Hall–Kier alpha value is -3.45. The number of aromatic nitrogens is 1. The molecule has 0 radical (unpaired) electrons. The number of aliphatic hydroxyl groups is 1. The molecular formula is C23H20N2O4S. The zero-order valence-electron chi connectivity index (χ0n) is 16.3. The van der Waals surface area contributed by atoms with Gasteiger partial charge in [-0.15, -0.1) is 11.3 Å². The number of amides is 1. The molecule has 1 aromatic carbocycles. The lowest BCUT2D eigenvalue weighted by atomic mass is 9.96. The van der Waals surface area contributed by atoms with Crippen molar-refractivity contribution < 1.29 is 19.4 Å². The summed E-state index contributed by atoms with van der Waals surface area (Å²) in [7, 11) is 0. The highest BCUT2D eigenvalue weighted by Gasteiger charge is 2.46. The number of benzene rings is 1. The second-order valence-electron chi connectivity index (χ2n) is 6.75. The van der Waals surface area contributed by atoms with Crippen LogP contribution >= 0.6 is 11.3 Å². The van der Waals surface area contributed by atoms with Gasteiger partial charge >= 0.3 is 0 Å². The van der Waals surface area contributed by atoms with Crippen LogP contribution in [0.4, 0.5) is 0 Å². The van der Waals surface area contributed by atoms with Crippen molar-refractivity contribution in [3.8, 4) is 5.75 Å². The number of hydrogen-bond acceptors (Lipinski definition) is 6. The van der Waals surface area contributed by atoms with Crippen LogP contribution in [-0.2, 0) is 16.1 Å². The fourth-order valence-corrected chi connectivity index (χ4v) is 4.26. The van der Waals surface area contributed by atoms with E-state index in [4.69, 9.17) is 4.74 Å². The Morgan fingerprint density at radius 1 is 1.20 bits per heavy atom. The van der Waals surface area contributed by atoms with Crippen molar-refractivity contribution >= 4 is 28.8 Å². The number of pyridine rings is 1. The number of ketones is 1. The normalized spacial score (nSPS) is 18.0. The first-order valence-corrected chi connectivity index (χ1v) is 10.4. The number of hydrogen-bond donors (Lipinski definition) is 1. The van der Waals surface area contributed by atoms with Crippen LogP contribution in [0.5, 0.6) is 5.75 Å². The molecule has 1 fully saturated rings. The molecule has 30 heavy (non-hydrogen) atoms. The summed E-state index contributed by atoms with van der Waals surface area (Å²) >= 11 is 1.51. The predicted molar refractivity (Wildman–Crippen MR) is 114 cm³/mol. The molecule has 1 unspecified atom stereocenters. The number of Topliss-reactive ketones (excluding diaryl/α,β-unsaturated/α-hetero) is 1. The third-order valence-corrected chi connectivity index (χ3v) is 5.73. The largest absolute Gasteiger partial charge is 0.507 e. The summed E-state index contributed by atoms with van der Waals surface area (Å²) in [6.45, 7) is 2.62. The maximum absolute atomic E-state index is 13.0. The summed E-state index contributed by atoms with van der Waals surface area (Å²) in [4.78, 5) is 32.5. The third kappa shape index (κ3) is 3.71. The molecule has 1 aliphatic heterocycles. The molecule has 2 aromatic heterocycles. The minimum Gasteiger partial charge on any atom is -0.507 e. The molecule has 6 nitrogen and oxygen atoms in total. The Labute approximate surface area is 178 Å². The smallest absolute Gasteiger partial charge is 0.295 e. The van der Waals surface area contributed by atoms with Crippen LogP contribution in [0.1, 0.15) is 29.0 Å². The molecule has 0 saturated carbocycles. The molecule has 1 aliphatic rings. The molecular weight excluding hydrogens is 400 g/mol. The van der Waals surface area contributed by atoms with Crippen molar-refractivity contribution in [2.75, 3.05) is 6.61 Å². The highest BCUT2D eigenvalue weighted by Crippen LogP contribution is 2.40. The molecule has 1 saturated heterocycles. The van der Waals surface area contributed by atoms with Crippen molar-refractivity contribution in [3.63, 3.8) is 0 Å². The first-order valence-electron chi connectivity index (χ1n) is 9.54. The Balaban J connectivity index is 1.84. The van der Waals surface area contributed by atoms with Crippen LogP contribution in [0, 0.1) is 0 Å². The van der Waals surface area contributed by atoms with Crippen molar-refractivity contribution in [3.05, 3.63) is 87.9 Å². The van der Waals surface area contributed by atoms with Gasteiger partial charge in [0.2, 0.25) is 0 Å². The van der Waals surface area contributed by atoms with Crippen molar-refractivity contribution in [2.24, 2.45) is 0 Å². The molecule has 1 atom stereocenters. The van der Waals surface area contributed by atoms with Crippen molar-refractivity contribution in [1.29, 1.82) is 0 Å². The van der Waals surface area contributed by atoms with E-state index in [-0.39, 0.29) is 17.9 Å². The molecule has 7 heteroatoms. The van der Waals surface area contributed by atoms with Gasteiger partial charge in [-0.25, -0.2) is 0 Å². The highest BCUT2D eigenvalue weighted by atomic mass is 32.1. The maximum atomic E-state index is 13.0. The third-order valence-electron chi connectivity index (χ3n) is 4.86. The van der Waals surface area contributed by atoms with Crippen molar-refractivity contribution in [2.45, 2.75) is 19.5 Å². The van der Waals surface area contributed by atoms with Gasteiger partial charge in [0.05, 0.1) is 24.8 Å². The first kappa shape index (κ1) is 19.8. The summed E-state index contributed by atoms with van der Waals surface area (Å²) in [5, 5.41) is 13.0. The van der Waals surface area contributed by atoms with Gasteiger partial charge < -0.3 is 14.7 Å². The molecule has 1 N–H and O–H groups in total. The monoisotopic (exact) mass is 420 g/mol. The van der Waals surface area contributed by atoms with E-state index in [1.54, 1.807) is 48.8 Å². The highest BCUT2D eigenvalue weighted by molar-refractivity contribution is 7.09. The Morgan fingerprint density at radius 2 is 2.07 bits per heavy atom. The van der Waals surface area contributed by atoms with Gasteiger partial charge in [0.25, 0.3) is 11.7 Å². The van der Waals surface area contributed by atoms with Gasteiger partial charge in [0.15, 0.2) is 0 Å². The summed E-state index contributed by atoms with van der Waals surface area (Å²) in [5.41, 5.74) is 1.14. The fourth-order valence-electron chi connectivity index (χ4n) is 3.55. The van der Waals surface area contributed by atoms with E-state index in [0.29, 0.717) is 23.5 Å². The Bertz CT molecular complexity index is 1090. The molecule has 152 valence electrons. The minimum atomic E-state index is -0.725. The lowest BCUT2D eigenvalue weighted by Gasteiger charge is -2.24. The molecule has 1 amide bonds. The van der Waals surface area contributed by atoms with E-state index in [9.17, 15) is 14.7 Å². The SMILES string of the molecule is CCOc1cccc(/C(O)=C2/C(=O)C(=O)N(Cc3cccs3)C2c2cccnc2)c1. The quantitative estimate of drug-likeness (QED) is 0.368. The second kappa shape index (κ2) is 8.51. The van der Waals surface area contributed by atoms with Gasteiger partial charge in [0, 0.05) is 22.8 Å². The van der Waals surface area contributed by atoms with Crippen molar-refractivity contribution in [1.82, 2.24) is 9.88 Å². The first-order chi connectivity index (χ1) is 14.6. The van der Waals surface area contributed by atoms with Gasteiger partial charge in [-0.1, -0.05) is 24.3 Å². The number of likely N-dealkylation sites (tertiary alicyclic amines) is 1. The predicted octanol–water partition coefficient (Wildman–Crippen LogP) is 4.16. The van der Waals surface area contributed by atoms with Crippen LogP contribution in [0.3, 0.4) is 0 Å². The summed E-state index contributed by atoms with van der Waals surface area (Å²) in [5.74, 6) is -0.996. The number of nitrogens with zero attached hydrogens (tertiary/aromatic N) is 2. The van der Waals surface area contributed by atoms with Crippen LogP contribution in [0.15, 0.2) is 71.9 Å². The van der Waals surface area contributed by atoms with Crippen LogP contribution < -0.4 is 4.74 Å². The second-order valence-corrected chi connectivity index (χ2v) is 7.79. The minimum absolute atomic E-state index is 0.0539. The number of carbonyl (C=O) groups is 2. The van der Waals surface area contributed by atoms with E-state index in [1.165, 1.54) is 16.2 Å². The lowest BCUT2D eigenvalue weighted by molar-refractivity contribution is -0.140. The molecule has 3 heterocycles. The average molecular weight is 420 g/mol. The van der Waals surface area contributed by atoms with E-state index in [2.05, 4.69) is 4.98 Å². The van der Waals surface area contributed by atoms with Gasteiger partial charge in [-0.05, 0) is 42.1 Å². The van der Waals surface area contributed by atoms with Crippen LogP contribution in [-0.4, -0.2) is 33.3 Å². The van der Waals surface area contributed by atoms with Gasteiger partial charge in [0.1, 0.15) is 11.5 Å². The number of ether oxygens (including phenoxy) is 1. The maximum Gasteiger partial charge on any atom is 0.295 e. The zero-order chi connectivity index (χ0) is 21.1. The molecule has 0 bridgehead atoms. The Kier molecular flexibility index (Phi) is 5.63. The number of aliphatic hydroxyl groups excluding tert-OH is 1. The molecule has 0 spiro atoms. The van der Waals surface area contributed by atoms with E-state index in [0.717, 1.165) is 4.88 Å². The standard InChI is InChI=1S/C23H20N2O4S/c1-2-29-17-8-3-6-15(12-17)21(26)19-20(16-7-4-10-24-13-16)25(23(28)22(19)27)14-18-9-5-11-30-18/h3-13,20,26H,2,14H2,1H3/b21-19-. The number of thiophene rings is 1. The van der Waals surface area contributed by atoms with Gasteiger partial charge in [-0.3, -0.25) is 14.6 Å². The van der Waals surface area contributed by atoms with Crippen LogP contribution in [0.25, 0.3) is 5.76 Å². The Morgan fingerprint density at radius 3 is 2.77 bits per heavy atom. The fraction of sp³-hybridized carbons (Fsp3) is 0.174. The lowest BCUT2D eigenvalue weighted by Crippen LogP contribution is -2.28. The average Bonchev–Trinajstić information content (AvgIpc) is 3.37. The number of carbonyl (C=O) groups excluding carboxylic acids is 2. The molecule has 4 rings (SSSR count). The van der Waals surface area contributed by atoms with Gasteiger partial charge in [-0.2, -0.15) is 0 Å². The topological polar surface area (TPSA) is 79.7 Å². The van der Waals surface area contributed by atoms with E-state index < -0.39 is 17.7 Å². The summed E-state index contributed by atoms with van der Waals surface area (Å²) < 4.78 is 5.51. The summed E-state index contributed by atoms with van der Waals surface area (Å²) in [6.07, 6.45) is 3.24. The molecule has 0 aliphatic carbocycles. The summed E-state index contributed by atoms with van der Waals surface area (Å²) in [6, 6.07) is 13.5. The van der Waals surface area contributed by atoms with Crippen LogP contribution in [0.2, 0.25) is 0 Å². The van der Waals surface area contributed by atoms with E-state index >= 15 is 0 Å². The molecule has 3 aromatic rings. The zero-order valence-corrected chi connectivity index (χ0v) is 17.1. The van der Waals surface area contributed by atoms with E-state index in [1.807, 2.05) is 24.4 Å².